The first-order valence-corrected chi connectivity index (χ1v) is 6.34. The highest BCUT2D eigenvalue weighted by atomic mass is 127. The Kier molecular flexibility index (Phi) is 4.93. The Hall–Kier alpha value is -0.0500. The van der Waals surface area contributed by atoms with E-state index in [9.17, 15) is 4.79 Å². The number of alkyl halides is 1. The van der Waals surface area contributed by atoms with Crippen LogP contribution in [0, 0.1) is 3.57 Å². The lowest BCUT2D eigenvalue weighted by Gasteiger charge is -2.09. The topological polar surface area (TPSA) is 35.5 Å². The van der Waals surface area contributed by atoms with Crippen LogP contribution >= 0.6 is 45.2 Å². The minimum absolute atomic E-state index is 0.513. The summed E-state index contributed by atoms with van der Waals surface area (Å²) in [7, 11) is 1.57. The van der Waals surface area contributed by atoms with Crippen LogP contribution in [0.3, 0.4) is 0 Å². The highest BCUT2D eigenvalue weighted by Gasteiger charge is 2.08. The summed E-state index contributed by atoms with van der Waals surface area (Å²) in [5, 5.41) is 0. The van der Waals surface area contributed by atoms with E-state index in [-0.39, 0.29) is 0 Å². The second kappa shape index (κ2) is 5.74. The first-order valence-electron chi connectivity index (χ1n) is 3.74. The molecule has 76 valence electrons. The molecule has 1 aromatic rings. The fourth-order valence-electron chi connectivity index (χ4n) is 0.983. The average molecular weight is 418 g/mol. The summed E-state index contributed by atoms with van der Waals surface area (Å²) < 4.78 is 11.8. The van der Waals surface area contributed by atoms with Gasteiger partial charge in [-0.05, 0) is 57.3 Å². The minimum Gasteiger partial charge on any atom is -0.496 e. The fraction of sp³-hybridized carbons (Fsp3) is 0.222. The quantitative estimate of drug-likeness (QED) is 0.429. The van der Waals surface area contributed by atoms with Gasteiger partial charge in [-0.15, -0.1) is 0 Å². The van der Waals surface area contributed by atoms with Crippen LogP contribution in [0.5, 0.6) is 11.5 Å². The lowest BCUT2D eigenvalue weighted by atomic mass is 10.2. The monoisotopic (exact) mass is 418 g/mol. The van der Waals surface area contributed by atoms with Gasteiger partial charge in [-0.2, -0.15) is 0 Å². The molecule has 0 heterocycles. The number of rotatable bonds is 4. The molecule has 1 rings (SSSR count). The molecule has 0 N–H and O–H groups in total. The predicted octanol–water partition coefficient (Wildman–Crippen LogP) is 2.88. The van der Waals surface area contributed by atoms with E-state index in [1.165, 1.54) is 0 Å². The number of ether oxygens (including phenoxy) is 2. The van der Waals surface area contributed by atoms with Gasteiger partial charge < -0.3 is 9.47 Å². The van der Waals surface area contributed by atoms with Crippen molar-refractivity contribution in [3.05, 3.63) is 21.3 Å². The largest absolute Gasteiger partial charge is 0.496 e. The number of hydrogen-bond donors (Lipinski definition) is 0. The maximum absolute atomic E-state index is 10.7. The molecule has 3 nitrogen and oxygen atoms in total. The number of carbonyl (C=O) groups is 1. The average Bonchev–Trinajstić information content (AvgIpc) is 2.19. The molecule has 0 fully saturated rings. The molecular formula is C9H8I2O3. The lowest BCUT2D eigenvalue weighted by Crippen LogP contribution is -1.97. The molecule has 0 atom stereocenters. The Morgan fingerprint density at radius 1 is 1.43 bits per heavy atom. The van der Waals surface area contributed by atoms with Gasteiger partial charge in [-0.3, -0.25) is 4.79 Å². The Morgan fingerprint density at radius 3 is 2.64 bits per heavy atom. The highest BCUT2D eigenvalue weighted by Crippen LogP contribution is 2.29. The van der Waals surface area contributed by atoms with Gasteiger partial charge in [0.1, 0.15) is 16.1 Å². The molecule has 0 radical (unpaired) electrons. The van der Waals surface area contributed by atoms with Gasteiger partial charge in [0.15, 0.2) is 6.29 Å². The van der Waals surface area contributed by atoms with Gasteiger partial charge in [0.2, 0.25) is 0 Å². The van der Waals surface area contributed by atoms with Crippen LogP contribution in [-0.2, 0) is 0 Å². The Balaban J connectivity index is 3.16. The van der Waals surface area contributed by atoms with Crippen molar-refractivity contribution in [2.45, 2.75) is 0 Å². The Bertz CT molecular complexity index is 339. The number of halogens is 2. The van der Waals surface area contributed by atoms with Crippen LogP contribution < -0.4 is 9.47 Å². The van der Waals surface area contributed by atoms with Gasteiger partial charge in [0.25, 0.3) is 0 Å². The second-order valence-electron chi connectivity index (χ2n) is 2.40. The third kappa shape index (κ3) is 2.72. The van der Waals surface area contributed by atoms with E-state index in [0.29, 0.717) is 21.7 Å². The van der Waals surface area contributed by atoms with Gasteiger partial charge in [-0.1, -0.05) is 0 Å². The SMILES string of the molecule is COc1cc(C=O)c(OCI)cc1I. The smallest absolute Gasteiger partial charge is 0.153 e. The van der Waals surface area contributed by atoms with Crippen LogP contribution in [0.15, 0.2) is 12.1 Å². The van der Waals surface area contributed by atoms with E-state index in [1.54, 1.807) is 19.2 Å². The first-order chi connectivity index (χ1) is 6.72. The van der Waals surface area contributed by atoms with E-state index in [2.05, 4.69) is 45.2 Å². The summed E-state index contributed by atoms with van der Waals surface area (Å²) in [5.41, 5.74) is 0.513. The third-order valence-electron chi connectivity index (χ3n) is 1.62. The van der Waals surface area contributed by atoms with Crippen molar-refractivity contribution in [2.24, 2.45) is 0 Å². The number of aldehydes is 1. The Labute approximate surface area is 109 Å². The fourth-order valence-corrected chi connectivity index (χ4v) is 1.98. The summed E-state index contributed by atoms with van der Waals surface area (Å²) in [4.78, 5) is 10.7. The third-order valence-corrected chi connectivity index (χ3v) is 2.78. The second-order valence-corrected chi connectivity index (χ2v) is 4.18. The molecule has 1 aromatic carbocycles. The zero-order valence-corrected chi connectivity index (χ0v) is 11.7. The molecule has 0 aliphatic carbocycles. The highest BCUT2D eigenvalue weighted by molar-refractivity contribution is 14.1. The molecule has 0 saturated carbocycles. The molecule has 14 heavy (non-hydrogen) atoms. The normalized spacial score (nSPS) is 9.64. The summed E-state index contributed by atoms with van der Waals surface area (Å²) in [5.74, 6) is 1.29. The van der Waals surface area contributed by atoms with Gasteiger partial charge in [0, 0.05) is 0 Å². The summed E-state index contributed by atoms with van der Waals surface area (Å²) in [6, 6.07) is 3.47. The van der Waals surface area contributed by atoms with E-state index in [4.69, 9.17) is 9.47 Å². The lowest BCUT2D eigenvalue weighted by molar-refractivity contribution is 0.112. The Morgan fingerprint density at radius 2 is 2.14 bits per heavy atom. The van der Waals surface area contributed by atoms with Crippen LogP contribution in [-0.4, -0.2) is 18.0 Å². The summed E-state index contributed by atoms with van der Waals surface area (Å²) >= 11 is 4.22. The molecule has 5 heteroatoms. The zero-order valence-electron chi connectivity index (χ0n) is 7.42. The van der Waals surface area contributed by atoms with E-state index < -0.39 is 0 Å². The van der Waals surface area contributed by atoms with Crippen molar-refractivity contribution in [3.63, 3.8) is 0 Å². The molecule has 0 unspecified atom stereocenters. The van der Waals surface area contributed by atoms with E-state index in [0.717, 1.165) is 9.86 Å². The molecule has 0 aliphatic rings. The van der Waals surface area contributed by atoms with Crippen LogP contribution in [0.25, 0.3) is 0 Å². The van der Waals surface area contributed by atoms with Crippen molar-refractivity contribution in [1.82, 2.24) is 0 Å². The summed E-state index contributed by atoms with van der Waals surface area (Å²) in [6.07, 6.45) is 0.764. The van der Waals surface area contributed by atoms with Crippen LogP contribution in [0.2, 0.25) is 0 Å². The minimum atomic E-state index is 0.513. The van der Waals surface area contributed by atoms with Crippen molar-refractivity contribution < 1.29 is 14.3 Å². The predicted molar refractivity (Wildman–Crippen MR) is 70.6 cm³/mol. The van der Waals surface area contributed by atoms with Crippen LogP contribution in [0.4, 0.5) is 0 Å². The number of carbonyl (C=O) groups excluding carboxylic acids is 1. The molecule has 0 saturated heterocycles. The molecule has 0 amide bonds. The van der Waals surface area contributed by atoms with Gasteiger partial charge in [-0.25, -0.2) is 0 Å². The molecule has 0 bridgehead atoms. The van der Waals surface area contributed by atoms with Gasteiger partial charge >= 0.3 is 0 Å². The molecule has 0 aromatic heterocycles. The van der Waals surface area contributed by atoms with Crippen molar-refractivity contribution in [2.75, 3.05) is 11.7 Å². The summed E-state index contributed by atoms with van der Waals surface area (Å²) in [6.45, 7) is 0. The number of hydrogen-bond acceptors (Lipinski definition) is 3. The van der Waals surface area contributed by atoms with Crippen molar-refractivity contribution in [1.29, 1.82) is 0 Å². The first kappa shape index (κ1) is 12.0. The number of benzene rings is 1. The molecule has 0 spiro atoms. The maximum Gasteiger partial charge on any atom is 0.153 e. The molecule has 0 aliphatic heterocycles. The number of methoxy groups -OCH3 is 1. The van der Waals surface area contributed by atoms with Crippen molar-refractivity contribution >= 4 is 51.5 Å². The van der Waals surface area contributed by atoms with Gasteiger partial charge in [0.05, 0.1) is 16.2 Å². The molecular weight excluding hydrogens is 410 g/mol. The van der Waals surface area contributed by atoms with Crippen LogP contribution in [0.1, 0.15) is 10.4 Å². The maximum atomic E-state index is 10.7. The van der Waals surface area contributed by atoms with Crippen molar-refractivity contribution in [3.8, 4) is 11.5 Å². The standard InChI is InChI=1S/C9H8I2O3/c1-13-9-2-6(4-12)8(14-5-10)3-7(9)11/h2-4H,5H2,1H3. The zero-order chi connectivity index (χ0) is 10.6. The van der Waals surface area contributed by atoms with E-state index >= 15 is 0 Å². The van der Waals surface area contributed by atoms with E-state index in [1.807, 2.05) is 0 Å².